The van der Waals surface area contributed by atoms with Crippen LogP contribution in [0, 0.1) is 17.6 Å². The van der Waals surface area contributed by atoms with E-state index in [0.717, 1.165) is 0 Å². The van der Waals surface area contributed by atoms with Crippen molar-refractivity contribution in [3.05, 3.63) is 65.4 Å². The molecule has 7 nitrogen and oxygen atoms in total. The molecule has 0 radical (unpaired) electrons. The number of rotatable bonds is 9. The summed E-state index contributed by atoms with van der Waals surface area (Å²) in [6.07, 6.45) is 3.69. The van der Waals surface area contributed by atoms with Crippen molar-refractivity contribution < 1.29 is 31.4 Å². The summed E-state index contributed by atoms with van der Waals surface area (Å²) in [4.78, 5) is 0.0453. The fourth-order valence-electron chi connectivity index (χ4n) is 5.22. The minimum atomic E-state index is -4.08. The zero-order valence-electron chi connectivity index (χ0n) is 20.7. The van der Waals surface area contributed by atoms with Crippen molar-refractivity contribution in [3.63, 3.8) is 0 Å². The zero-order valence-corrected chi connectivity index (χ0v) is 21.5. The molecule has 36 heavy (non-hydrogen) atoms. The minimum absolute atomic E-state index is 0.0436. The molecule has 1 aliphatic carbocycles. The highest BCUT2D eigenvalue weighted by molar-refractivity contribution is 7.89. The highest BCUT2D eigenvalue weighted by Gasteiger charge is 2.45. The second kappa shape index (κ2) is 11.1. The van der Waals surface area contributed by atoms with Crippen molar-refractivity contribution in [2.45, 2.75) is 42.7 Å². The van der Waals surface area contributed by atoms with Gasteiger partial charge in [0.2, 0.25) is 10.0 Å². The van der Waals surface area contributed by atoms with Gasteiger partial charge in [-0.2, -0.15) is 4.31 Å². The van der Waals surface area contributed by atoms with Crippen LogP contribution in [0.3, 0.4) is 0 Å². The number of halogens is 2. The summed E-state index contributed by atoms with van der Waals surface area (Å²) in [6.45, 7) is 1.12. The largest absolute Gasteiger partial charge is 0.500 e. The normalized spacial score (nSPS) is 22.4. The molecule has 10 heteroatoms. The summed E-state index contributed by atoms with van der Waals surface area (Å²) >= 11 is 0. The lowest BCUT2D eigenvalue weighted by Crippen LogP contribution is -2.53. The highest BCUT2D eigenvalue weighted by Crippen LogP contribution is 2.39. The molecule has 0 saturated carbocycles. The number of sulfonamides is 1. The molecule has 2 aromatic carbocycles. The predicted molar refractivity (Wildman–Crippen MR) is 132 cm³/mol. The fourth-order valence-corrected chi connectivity index (χ4v) is 7.11. The summed E-state index contributed by atoms with van der Waals surface area (Å²) in [5, 5.41) is 3.24. The highest BCUT2D eigenvalue weighted by atomic mass is 32.2. The molecular weight excluding hydrogens is 490 g/mol. The van der Waals surface area contributed by atoms with Crippen LogP contribution in [0.15, 0.2) is 53.1 Å². The van der Waals surface area contributed by atoms with Crippen LogP contribution in [0.2, 0.25) is 0 Å². The van der Waals surface area contributed by atoms with E-state index in [1.807, 2.05) is 6.08 Å². The molecule has 0 aromatic heterocycles. The number of ether oxygens (including phenoxy) is 3. The first-order valence-electron chi connectivity index (χ1n) is 11.9. The Morgan fingerprint density at radius 3 is 2.33 bits per heavy atom. The summed E-state index contributed by atoms with van der Waals surface area (Å²) in [6, 6.07) is 7.15. The Labute approximate surface area is 211 Å². The number of benzene rings is 2. The lowest BCUT2D eigenvalue weighted by atomic mass is 9.82. The van der Waals surface area contributed by atoms with E-state index < -0.39 is 33.6 Å². The van der Waals surface area contributed by atoms with Gasteiger partial charge in [-0.1, -0.05) is 6.07 Å². The molecule has 4 rings (SSSR count). The Morgan fingerprint density at radius 2 is 1.72 bits per heavy atom. The fraction of sp³-hybridized carbons (Fsp3) is 0.462. The van der Waals surface area contributed by atoms with Gasteiger partial charge in [0.25, 0.3) is 0 Å². The third-order valence-corrected chi connectivity index (χ3v) is 8.91. The van der Waals surface area contributed by atoms with Gasteiger partial charge in [0.15, 0.2) is 11.5 Å². The quantitative estimate of drug-likeness (QED) is 0.539. The van der Waals surface area contributed by atoms with Gasteiger partial charge in [0.1, 0.15) is 17.4 Å². The molecule has 0 spiro atoms. The van der Waals surface area contributed by atoms with Gasteiger partial charge in [0, 0.05) is 24.2 Å². The van der Waals surface area contributed by atoms with E-state index >= 15 is 0 Å². The first kappa shape index (κ1) is 26.4. The summed E-state index contributed by atoms with van der Waals surface area (Å²) in [5.41, 5.74) is -0.0436. The lowest BCUT2D eigenvalue weighted by Gasteiger charge is -2.42. The van der Waals surface area contributed by atoms with Gasteiger partial charge < -0.3 is 19.5 Å². The molecule has 1 saturated heterocycles. The predicted octanol–water partition coefficient (Wildman–Crippen LogP) is 3.89. The molecule has 3 atom stereocenters. The standard InChI is InChI=1S/C26H32F2N2O5S/c1-33-23-11-10-19(15-25(23)35-3)36(31,32)30(18-12-13-29-16-18)26-17(6-4-9-24(26)34-2)14-20-21(27)7-5-8-22(20)28/h5,7-11,15,17-18,26,29H,4,6,12-14,16H2,1-3H3/t17-,18-,26+/m0/s1. The van der Waals surface area contributed by atoms with Crippen molar-refractivity contribution in [1.82, 2.24) is 9.62 Å². The van der Waals surface area contributed by atoms with Crippen LogP contribution in [0.1, 0.15) is 24.8 Å². The Kier molecular flexibility index (Phi) is 8.17. The Hall–Kier alpha value is -2.69. The molecule has 196 valence electrons. The van der Waals surface area contributed by atoms with Gasteiger partial charge in [0.05, 0.1) is 32.3 Å². The maximum atomic E-state index is 14.6. The van der Waals surface area contributed by atoms with E-state index in [2.05, 4.69) is 5.32 Å². The number of nitrogens with one attached hydrogen (secondary N) is 1. The van der Waals surface area contributed by atoms with Crippen LogP contribution < -0.4 is 14.8 Å². The minimum Gasteiger partial charge on any atom is -0.500 e. The molecule has 0 amide bonds. The Morgan fingerprint density at radius 1 is 1.00 bits per heavy atom. The van der Waals surface area contributed by atoms with Crippen LogP contribution in [-0.4, -0.2) is 59.2 Å². The van der Waals surface area contributed by atoms with E-state index in [1.165, 1.54) is 56.0 Å². The maximum absolute atomic E-state index is 14.6. The first-order chi connectivity index (χ1) is 17.3. The Balaban J connectivity index is 1.82. The van der Waals surface area contributed by atoms with Crippen LogP contribution >= 0.6 is 0 Å². The van der Waals surface area contributed by atoms with Crippen molar-refractivity contribution >= 4 is 10.0 Å². The molecule has 0 unspecified atom stereocenters. The van der Waals surface area contributed by atoms with Crippen molar-refractivity contribution in [3.8, 4) is 11.5 Å². The molecule has 0 bridgehead atoms. The van der Waals surface area contributed by atoms with Crippen LogP contribution in [0.5, 0.6) is 11.5 Å². The van der Waals surface area contributed by atoms with E-state index in [1.54, 1.807) is 6.07 Å². The number of nitrogens with zero attached hydrogens (tertiary/aromatic N) is 1. The average molecular weight is 523 g/mol. The van der Waals surface area contributed by atoms with Crippen molar-refractivity contribution in [2.75, 3.05) is 34.4 Å². The Bertz CT molecular complexity index is 1190. The van der Waals surface area contributed by atoms with Crippen LogP contribution in [0.25, 0.3) is 0 Å². The SMILES string of the molecule is COC1=CCC[C@@H](Cc2c(F)cccc2F)[C@H]1N([C@H]1CCNC1)S(=O)(=O)c1ccc(OC)c(OC)c1. The molecule has 1 N–H and O–H groups in total. The van der Waals surface area contributed by atoms with E-state index in [4.69, 9.17) is 14.2 Å². The number of methoxy groups -OCH3 is 3. The van der Waals surface area contributed by atoms with Gasteiger partial charge >= 0.3 is 0 Å². The van der Waals surface area contributed by atoms with Gasteiger partial charge in [-0.05, 0) is 68.5 Å². The van der Waals surface area contributed by atoms with Gasteiger partial charge in [-0.15, -0.1) is 0 Å². The average Bonchev–Trinajstić information content (AvgIpc) is 3.40. The van der Waals surface area contributed by atoms with Crippen molar-refractivity contribution in [2.24, 2.45) is 5.92 Å². The molecule has 1 heterocycles. The second-order valence-corrected chi connectivity index (χ2v) is 10.8. The molecular formula is C26H32F2N2O5S. The lowest BCUT2D eigenvalue weighted by molar-refractivity contribution is 0.130. The smallest absolute Gasteiger partial charge is 0.244 e. The molecule has 1 fully saturated rings. The number of allylic oxidation sites excluding steroid dienone is 1. The molecule has 1 aliphatic heterocycles. The monoisotopic (exact) mass is 522 g/mol. The summed E-state index contributed by atoms with van der Waals surface area (Å²) in [5.74, 6) is -0.489. The third kappa shape index (κ3) is 5.07. The van der Waals surface area contributed by atoms with Gasteiger partial charge in [-0.3, -0.25) is 0 Å². The third-order valence-electron chi connectivity index (χ3n) is 6.98. The maximum Gasteiger partial charge on any atom is 0.244 e. The first-order valence-corrected chi connectivity index (χ1v) is 13.4. The van der Waals surface area contributed by atoms with Gasteiger partial charge in [-0.25, -0.2) is 17.2 Å². The summed E-state index contributed by atoms with van der Waals surface area (Å²) in [7, 11) is 0.340. The van der Waals surface area contributed by atoms with Crippen LogP contribution in [-0.2, 0) is 21.2 Å². The number of hydrogen-bond acceptors (Lipinski definition) is 6. The van der Waals surface area contributed by atoms with E-state index in [-0.39, 0.29) is 22.9 Å². The zero-order chi connectivity index (χ0) is 25.9. The topological polar surface area (TPSA) is 77.1 Å². The summed E-state index contributed by atoms with van der Waals surface area (Å²) < 4.78 is 75.5. The van der Waals surface area contributed by atoms with Crippen molar-refractivity contribution in [1.29, 1.82) is 0 Å². The number of hydrogen-bond donors (Lipinski definition) is 1. The molecule has 2 aliphatic rings. The van der Waals surface area contributed by atoms with E-state index in [9.17, 15) is 17.2 Å². The van der Waals surface area contributed by atoms with Crippen LogP contribution in [0.4, 0.5) is 8.78 Å². The molecule has 2 aromatic rings. The second-order valence-electron chi connectivity index (χ2n) is 9.00. The van der Waals surface area contributed by atoms with E-state index in [0.29, 0.717) is 49.6 Å².